The third-order valence-electron chi connectivity index (χ3n) is 10.9. The molecule has 2 aliphatic rings. The van der Waals surface area contributed by atoms with E-state index in [2.05, 4.69) is 25.1 Å². The molecule has 13 nitrogen and oxygen atoms in total. The van der Waals surface area contributed by atoms with Crippen molar-refractivity contribution < 1.29 is 30.0 Å². The first-order valence-corrected chi connectivity index (χ1v) is 20.6. The fraction of sp³-hybridized carbons (Fsp3) is 0.422. The van der Waals surface area contributed by atoms with Crippen molar-refractivity contribution in [1.82, 2.24) is 29.2 Å². The van der Waals surface area contributed by atoms with E-state index < -0.39 is 11.2 Å². The Hall–Kier alpha value is -5.05. The van der Waals surface area contributed by atoms with Crippen LogP contribution in [0.15, 0.2) is 85.2 Å². The highest BCUT2D eigenvalue weighted by Gasteiger charge is 2.27. The van der Waals surface area contributed by atoms with Crippen LogP contribution in [0.3, 0.4) is 0 Å². The SMILES string of the molecule is CC(C)(O)c1ccc(C(=O)Cc2cc(Cl)n3nccc3n2)cc1.CC(C)(O)c1ccc(C(=O)Cc2cc(N3CCC[C@H]3CO)n3nccc3n2)cc1.OCC1CCCC1. The molecule has 0 amide bonds. The number of carbonyl (C=O) groups is 2. The number of hydrogen-bond acceptors (Lipinski definition) is 11. The van der Waals surface area contributed by atoms with Gasteiger partial charge in [0.25, 0.3) is 0 Å². The number of hydrogen-bond donors (Lipinski definition) is 4. The molecular weight excluding hydrogens is 770 g/mol. The number of halogens is 1. The van der Waals surface area contributed by atoms with E-state index in [4.69, 9.17) is 16.7 Å². The minimum absolute atomic E-state index is 0.0326. The van der Waals surface area contributed by atoms with Crippen LogP contribution in [0.4, 0.5) is 5.82 Å². The number of Topliss-reactive ketones (excluding diaryl/α,β-unsaturated/α-hetero) is 2. The Balaban J connectivity index is 0.000000173. The first-order valence-electron chi connectivity index (χ1n) is 20.2. The van der Waals surface area contributed by atoms with Gasteiger partial charge in [-0.05, 0) is 76.5 Å². The van der Waals surface area contributed by atoms with Gasteiger partial charge in [0, 0.05) is 42.5 Å². The Labute approximate surface area is 349 Å². The predicted octanol–water partition coefficient (Wildman–Crippen LogP) is 6.55. The average Bonchev–Trinajstić information content (AvgIpc) is 4.06. The lowest BCUT2D eigenvalue weighted by Crippen LogP contribution is -2.33. The summed E-state index contributed by atoms with van der Waals surface area (Å²) in [5.41, 5.74) is 3.38. The van der Waals surface area contributed by atoms with Gasteiger partial charge in [0.1, 0.15) is 11.0 Å². The van der Waals surface area contributed by atoms with E-state index in [0.717, 1.165) is 36.3 Å². The minimum Gasteiger partial charge on any atom is -0.396 e. The molecule has 1 atom stereocenters. The first-order chi connectivity index (χ1) is 28.1. The van der Waals surface area contributed by atoms with E-state index in [9.17, 15) is 24.9 Å². The molecule has 312 valence electrons. The van der Waals surface area contributed by atoms with E-state index >= 15 is 0 Å². The third-order valence-corrected chi connectivity index (χ3v) is 11.2. The quantitative estimate of drug-likeness (QED) is 0.0823. The van der Waals surface area contributed by atoms with Crippen molar-refractivity contribution in [2.75, 3.05) is 24.7 Å². The number of nitrogens with zero attached hydrogens (tertiary/aromatic N) is 7. The summed E-state index contributed by atoms with van der Waals surface area (Å²) in [4.78, 5) is 36.3. The monoisotopic (exact) mass is 823 g/mol. The van der Waals surface area contributed by atoms with Gasteiger partial charge in [0.05, 0.1) is 60.5 Å². The summed E-state index contributed by atoms with van der Waals surface area (Å²) >= 11 is 6.13. The van der Waals surface area contributed by atoms with E-state index in [1.54, 1.807) is 105 Å². The van der Waals surface area contributed by atoms with Gasteiger partial charge in [0.15, 0.2) is 22.9 Å². The Kier molecular flexibility index (Phi) is 13.9. The molecule has 0 unspecified atom stereocenters. The summed E-state index contributed by atoms with van der Waals surface area (Å²) in [6, 6.07) is 21.2. The van der Waals surface area contributed by atoms with Crippen molar-refractivity contribution in [3.8, 4) is 0 Å². The maximum Gasteiger partial charge on any atom is 0.168 e. The molecular formula is C45H54ClN7O6. The fourth-order valence-electron chi connectivity index (χ4n) is 7.44. The summed E-state index contributed by atoms with van der Waals surface area (Å²) in [5, 5.41) is 47.1. The molecule has 8 rings (SSSR count). The van der Waals surface area contributed by atoms with Gasteiger partial charge in [-0.2, -0.15) is 14.7 Å². The first kappa shape index (κ1) is 43.5. The highest BCUT2D eigenvalue weighted by atomic mass is 35.5. The Morgan fingerprint density at radius 1 is 0.678 bits per heavy atom. The van der Waals surface area contributed by atoms with Gasteiger partial charge in [-0.15, -0.1) is 0 Å². The summed E-state index contributed by atoms with van der Waals surface area (Å²) in [5.74, 6) is 1.42. The van der Waals surface area contributed by atoms with Crippen molar-refractivity contribution in [2.45, 2.75) is 96.3 Å². The van der Waals surface area contributed by atoms with Crippen molar-refractivity contribution >= 4 is 40.3 Å². The predicted molar refractivity (Wildman–Crippen MR) is 227 cm³/mol. The Bertz CT molecular complexity index is 2340. The number of rotatable bonds is 11. The molecule has 59 heavy (non-hydrogen) atoms. The number of fused-ring (bicyclic) bond motifs is 2. The van der Waals surface area contributed by atoms with Crippen LogP contribution in [0.2, 0.25) is 5.15 Å². The molecule has 1 aliphatic carbocycles. The molecule has 1 saturated heterocycles. The Morgan fingerprint density at radius 3 is 1.64 bits per heavy atom. The van der Waals surface area contributed by atoms with E-state index in [1.165, 1.54) is 30.2 Å². The van der Waals surface area contributed by atoms with Gasteiger partial charge >= 0.3 is 0 Å². The van der Waals surface area contributed by atoms with E-state index in [0.29, 0.717) is 51.5 Å². The molecule has 5 heterocycles. The second kappa shape index (κ2) is 18.9. The third kappa shape index (κ3) is 11.0. The maximum atomic E-state index is 12.8. The van der Waals surface area contributed by atoms with Crippen LogP contribution in [0.5, 0.6) is 0 Å². The molecule has 1 aliphatic heterocycles. The molecule has 4 N–H and O–H groups in total. The van der Waals surface area contributed by atoms with Crippen LogP contribution in [-0.2, 0) is 24.0 Å². The Morgan fingerprint density at radius 2 is 1.17 bits per heavy atom. The zero-order valence-corrected chi connectivity index (χ0v) is 34.9. The van der Waals surface area contributed by atoms with E-state index in [1.807, 2.05) is 12.1 Å². The lowest BCUT2D eigenvalue weighted by atomic mass is 9.96. The van der Waals surface area contributed by atoms with Crippen LogP contribution in [0.25, 0.3) is 11.3 Å². The number of aromatic nitrogens is 6. The number of aliphatic hydroxyl groups is 4. The highest BCUT2D eigenvalue weighted by Crippen LogP contribution is 2.28. The van der Waals surface area contributed by atoms with Crippen molar-refractivity contribution in [3.63, 3.8) is 0 Å². The van der Waals surface area contributed by atoms with Crippen LogP contribution in [0.1, 0.15) is 109 Å². The molecule has 2 aromatic carbocycles. The minimum atomic E-state index is -0.940. The number of benzene rings is 2. The van der Waals surface area contributed by atoms with Crippen molar-refractivity contribution in [3.05, 3.63) is 124 Å². The number of anilines is 1. The number of ketones is 2. The highest BCUT2D eigenvalue weighted by molar-refractivity contribution is 6.29. The lowest BCUT2D eigenvalue weighted by molar-refractivity contribution is 0.0780. The van der Waals surface area contributed by atoms with Crippen LogP contribution >= 0.6 is 11.6 Å². The lowest BCUT2D eigenvalue weighted by Gasteiger charge is -2.25. The molecule has 2 fully saturated rings. The van der Waals surface area contributed by atoms with Crippen molar-refractivity contribution in [2.24, 2.45) is 5.92 Å². The second-order valence-electron chi connectivity index (χ2n) is 16.4. The van der Waals surface area contributed by atoms with Gasteiger partial charge in [-0.1, -0.05) is 73.0 Å². The summed E-state index contributed by atoms with van der Waals surface area (Å²) in [7, 11) is 0. The van der Waals surface area contributed by atoms with Crippen LogP contribution < -0.4 is 4.90 Å². The fourth-order valence-corrected chi connectivity index (χ4v) is 7.69. The van der Waals surface area contributed by atoms with Gasteiger partial charge in [-0.3, -0.25) is 9.59 Å². The number of carbonyl (C=O) groups excluding carboxylic acids is 2. The largest absolute Gasteiger partial charge is 0.396 e. The van der Waals surface area contributed by atoms with Crippen LogP contribution in [-0.4, -0.2) is 87.0 Å². The maximum absolute atomic E-state index is 12.8. The zero-order valence-electron chi connectivity index (χ0n) is 34.1. The smallest absolute Gasteiger partial charge is 0.168 e. The summed E-state index contributed by atoms with van der Waals surface area (Å²) in [6.07, 6.45) is 10.8. The standard InChI is InChI=1S/C22H26N4O3.C17H16ClN3O2.C6H12O/c1-22(2,29)16-7-5-15(6-8-16)19(28)12-17-13-21(25-11-3-4-18(25)14-27)26-20(24-17)9-10-23-26;1-17(2,23)12-5-3-11(4-6-12)14(22)9-13-10-15(18)21-16(20-13)7-8-19-21;7-5-6-3-1-2-4-6/h5-10,13,18,27,29H,3-4,11-12,14H2,1-2H3;3-8,10,23H,9H2,1-2H3;6-7H,1-5H2/t18-;;/m0../s1. The molecule has 0 radical (unpaired) electrons. The van der Waals surface area contributed by atoms with Crippen LogP contribution in [0, 0.1) is 5.92 Å². The normalized spacial score (nSPS) is 15.9. The molecule has 1 saturated carbocycles. The van der Waals surface area contributed by atoms with Crippen molar-refractivity contribution in [1.29, 1.82) is 0 Å². The molecule has 6 aromatic rings. The van der Waals surface area contributed by atoms with Gasteiger partial charge < -0.3 is 25.3 Å². The molecule has 4 aromatic heterocycles. The molecule has 14 heteroatoms. The topological polar surface area (TPSA) is 179 Å². The van der Waals surface area contributed by atoms with Gasteiger partial charge in [0.2, 0.25) is 0 Å². The number of aliphatic hydroxyl groups excluding tert-OH is 2. The van der Waals surface area contributed by atoms with E-state index in [-0.39, 0.29) is 37.1 Å². The average molecular weight is 824 g/mol. The second-order valence-corrected chi connectivity index (χ2v) is 16.7. The summed E-state index contributed by atoms with van der Waals surface area (Å²) in [6.45, 7) is 8.19. The zero-order chi connectivity index (χ0) is 42.3. The summed E-state index contributed by atoms with van der Waals surface area (Å²) < 4.78 is 3.27. The molecule has 0 bridgehead atoms. The van der Waals surface area contributed by atoms with Gasteiger partial charge in [-0.25, -0.2) is 14.5 Å². The molecule has 0 spiro atoms.